The third-order valence-electron chi connectivity index (χ3n) is 5.67. The van der Waals surface area contributed by atoms with Crippen LogP contribution in [0.3, 0.4) is 0 Å². The lowest BCUT2D eigenvalue weighted by Gasteiger charge is -2.46. The highest BCUT2D eigenvalue weighted by molar-refractivity contribution is 8.13. The van der Waals surface area contributed by atoms with Crippen LogP contribution >= 0.6 is 11.8 Å². The molecule has 3 N–H and O–H groups in total. The maximum absolute atomic E-state index is 15.0. The summed E-state index contributed by atoms with van der Waals surface area (Å²) < 4.78 is 88.6. The van der Waals surface area contributed by atoms with Crippen molar-refractivity contribution in [3.8, 4) is 5.75 Å². The Labute approximate surface area is 199 Å². The molecule has 0 radical (unpaired) electrons. The highest BCUT2D eigenvalue weighted by atomic mass is 32.2. The Morgan fingerprint density at radius 2 is 2.06 bits per heavy atom. The number of thioether (sulfide) groups is 1. The number of carbonyl (C=O) groups excluding carboxylic acids is 1. The molecule has 3 atom stereocenters. The van der Waals surface area contributed by atoms with Gasteiger partial charge in [0.15, 0.2) is 11.3 Å². The van der Waals surface area contributed by atoms with Crippen molar-refractivity contribution in [3.05, 3.63) is 53.6 Å². The number of ether oxygens (including phenoxy) is 2. The summed E-state index contributed by atoms with van der Waals surface area (Å²) in [5.41, 5.74) is 4.24. The Kier molecular flexibility index (Phi) is 6.86. The van der Waals surface area contributed by atoms with Crippen LogP contribution in [0.5, 0.6) is 5.75 Å². The Morgan fingerprint density at radius 3 is 2.71 bits per heavy atom. The highest BCUT2D eigenvalue weighted by Gasteiger charge is 2.55. The smallest absolute Gasteiger partial charge is 0.414 e. The lowest BCUT2D eigenvalue weighted by Crippen LogP contribution is -2.53. The lowest BCUT2D eigenvalue weighted by atomic mass is 9.74. The van der Waals surface area contributed by atoms with Crippen LogP contribution in [0.25, 0.3) is 0 Å². The molecule has 14 heteroatoms. The fraction of sp³-hybridized carbons (Fsp3) is 0.381. The number of amidine groups is 1. The Morgan fingerprint density at radius 1 is 1.29 bits per heavy atom. The van der Waals surface area contributed by atoms with Gasteiger partial charge in [-0.3, -0.25) is 4.79 Å². The van der Waals surface area contributed by atoms with Crippen LogP contribution in [-0.2, 0) is 10.3 Å². The fourth-order valence-corrected chi connectivity index (χ4v) is 5.03. The average Bonchev–Trinajstić information content (AvgIpc) is 2.79. The minimum atomic E-state index is -4.58. The summed E-state index contributed by atoms with van der Waals surface area (Å²) in [6.07, 6.45) is -6.08. The molecule has 0 saturated carbocycles. The van der Waals surface area contributed by atoms with Crippen LogP contribution in [0.4, 0.5) is 32.0 Å². The molecule has 1 amide bonds. The van der Waals surface area contributed by atoms with E-state index < -0.39 is 55.1 Å². The number of nitrogens with two attached hydrogens (primary N) is 1. The lowest BCUT2D eigenvalue weighted by molar-refractivity contribution is -0.245. The van der Waals surface area contributed by atoms with Crippen molar-refractivity contribution in [3.63, 3.8) is 0 Å². The third-order valence-corrected chi connectivity index (χ3v) is 6.63. The number of hydrogen-bond donors (Lipinski definition) is 2. The Hall–Kier alpha value is -3.00. The molecule has 4 rings (SSSR count). The van der Waals surface area contributed by atoms with Crippen molar-refractivity contribution in [1.29, 1.82) is 0 Å². The zero-order valence-corrected chi connectivity index (χ0v) is 18.5. The maximum Gasteiger partial charge on any atom is 0.414 e. The van der Waals surface area contributed by atoms with E-state index in [-0.39, 0.29) is 33.6 Å². The molecule has 2 aliphatic rings. The summed E-state index contributed by atoms with van der Waals surface area (Å²) in [6, 6.07) is 5.85. The molecule has 2 aromatic rings. The molecule has 0 bridgehead atoms. The van der Waals surface area contributed by atoms with Gasteiger partial charge in [0, 0.05) is 22.9 Å². The topological polar surface area (TPSA) is 98.8 Å². The van der Waals surface area contributed by atoms with E-state index >= 15 is 0 Å². The molecule has 0 unspecified atom stereocenters. The van der Waals surface area contributed by atoms with E-state index in [2.05, 4.69) is 20.0 Å². The molecule has 3 heterocycles. The van der Waals surface area contributed by atoms with Gasteiger partial charge in [-0.05, 0) is 36.8 Å². The van der Waals surface area contributed by atoms with Gasteiger partial charge in [0.1, 0.15) is 22.8 Å². The van der Waals surface area contributed by atoms with Crippen molar-refractivity contribution in [2.24, 2.45) is 16.6 Å². The molecule has 0 aliphatic carbocycles. The quantitative estimate of drug-likeness (QED) is 0.571. The largest absolute Gasteiger partial charge is 0.433 e. The van der Waals surface area contributed by atoms with Crippen molar-refractivity contribution < 1.29 is 40.6 Å². The van der Waals surface area contributed by atoms with Crippen molar-refractivity contribution in [1.82, 2.24) is 4.98 Å². The van der Waals surface area contributed by atoms with E-state index in [4.69, 9.17) is 10.5 Å². The van der Waals surface area contributed by atoms with Crippen LogP contribution in [-0.4, -0.2) is 47.3 Å². The van der Waals surface area contributed by atoms with Crippen molar-refractivity contribution >= 4 is 28.5 Å². The van der Waals surface area contributed by atoms with Crippen LogP contribution < -0.4 is 15.8 Å². The van der Waals surface area contributed by atoms with E-state index in [1.54, 1.807) is 0 Å². The van der Waals surface area contributed by atoms with E-state index in [1.165, 1.54) is 12.1 Å². The number of carbonyl (C=O) groups is 1. The molecule has 1 fully saturated rings. The number of alkyl halides is 5. The maximum atomic E-state index is 15.0. The second kappa shape index (κ2) is 9.57. The number of pyridine rings is 1. The molecule has 1 aromatic carbocycles. The molecule has 0 spiro atoms. The first kappa shape index (κ1) is 25.1. The normalized spacial score (nSPS) is 24.5. The number of nitrogens with zero attached hydrogens (tertiary/aromatic N) is 2. The second-order valence-electron chi connectivity index (χ2n) is 7.87. The van der Waals surface area contributed by atoms with Gasteiger partial charge in [-0.2, -0.15) is 22.0 Å². The number of aromatic nitrogens is 1. The number of rotatable bonds is 5. The van der Waals surface area contributed by atoms with Gasteiger partial charge in [-0.25, -0.2) is 14.4 Å². The number of anilines is 1. The molecule has 1 saturated heterocycles. The van der Waals surface area contributed by atoms with Crippen LogP contribution in [0.2, 0.25) is 0 Å². The van der Waals surface area contributed by atoms with Crippen LogP contribution in [0, 0.1) is 11.7 Å². The number of benzene rings is 1. The van der Waals surface area contributed by atoms with Gasteiger partial charge in [0.25, 0.3) is 5.91 Å². The zero-order valence-electron chi connectivity index (χ0n) is 17.7. The monoisotopic (exact) mass is 520 g/mol. The molecule has 7 nitrogen and oxygen atoms in total. The first-order valence-corrected chi connectivity index (χ1v) is 11.1. The molecule has 35 heavy (non-hydrogen) atoms. The van der Waals surface area contributed by atoms with Crippen LogP contribution in [0.15, 0.2) is 41.5 Å². The number of aliphatic imine (C=N–C) groups is 1. The summed E-state index contributed by atoms with van der Waals surface area (Å²) in [5, 5.41) is 2.58. The number of fused-ring (bicyclic) bond motifs is 1. The molecular weight excluding hydrogens is 502 g/mol. The fourth-order valence-electron chi connectivity index (χ4n) is 4.01. The predicted molar refractivity (Wildman–Crippen MR) is 115 cm³/mol. The number of amides is 1. The third kappa shape index (κ3) is 5.32. The van der Waals surface area contributed by atoms with Gasteiger partial charge in [0.05, 0.1) is 12.8 Å². The minimum absolute atomic E-state index is 0.0715. The summed E-state index contributed by atoms with van der Waals surface area (Å²) in [6.45, 7) is -3.60. The SMILES string of the molecule is NC1=N[C@@]2(c3cc(NC(=O)c4ccc(OC(F)F)cn4)ccc3F)CO[C@@H](C(F)(F)F)C[C@H]2CS1. The first-order valence-electron chi connectivity index (χ1n) is 10.2. The molecule has 188 valence electrons. The van der Waals surface area contributed by atoms with Crippen LogP contribution in [0.1, 0.15) is 22.5 Å². The predicted octanol–water partition coefficient (Wildman–Crippen LogP) is 4.30. The van der Waals surface area contributed by atoms with E-state index in [1.807, 2.05) is 0 Å². The van der Waals surface area contributed by atoms with Gasteiger partial charge in [0.2, 0.25) is 0 Å². The molecule has 2 aliphatic heterocycles. The van der Waals surface area contributed by atoms with E-state index in [0.717, 1.165) is 36.2 Å². The van der Waals surface area contributed by atoms with E-state index in [9.17, 15) is 31.1 Å². The van der Waals surface area contributed by atoms with Gasteiger partial charge < -0.3 is 20.5 Å². The zero-order chi connectivity index (χ0) is 25.4. The standard InChI is InChI=1S/C21H18F6N4O3S/c22-14-3-1-11(30-17(32)15-4-2-12(7-29-15)34-18(23)24)6-13(14)20-9-33-16(21(25,26)27)5-10(20)8-35-19(28)31-20/h1-4,6-7,10,16,18H,5,8-9H2,(H2,28,31)(H,30,32)/t10-,16+,20-/m0/s1. The molecule has 1 aromatic heterocycles. The molecular formula is C21H18F6N4O3S. The summed E-state index contributed by atoms with van der Waals surface area (Å²) in [4.78, 5) is 20.6. The number of nitrogens with one attached hydrogen (secondary N) is 1. The van der Waals surface area contributed by atoms with Gasteiger partial charge >= 0.3 is 12.8 Å². The minimum Gasteiger partial charge on any atom is -0.433 e. The van der Waals surface area contributed by atoms with Crippen molar-refractivity contribution in [2.45, 2.75) is 30.9 Å². The number of hydrogen-bond acceptors (Lipinski definition) is 7. The highest BCUT2D eigenvalue weighted by Crippen LogP contribution is 2.49. The Balaban J connectivity index is 1.61. The van der Waals surface area contributed by atoms with E-state index in [0.29, 0.717) is 0 Å². The Bertz CT molecular complexity index is 1130. The first-order chi connectivity index (χ1) is 16.5. The summed E-state index contributed by atoms with van der Waals surface area (Å²) >= 11 is 1.08. The van der Waals surface area contributed by atoms with Crippen molar-refractivity contribution in [2.75, 3.05) is 17.7 Å². The average molecular weight is 520 g/mol. The summed E-state index contributed by atoms with van der Waals surface area (Å²) in [7, 11) is 0. The van der Waals surface area contributed by atoms with Gasteiger partial charge in [-0.1, -0.05) is 11.8 Å². The number of halogens is 6. The summed E-state index contributed by atoms with van der Waals surface area (Å²) in [5.74, 6) is -2.29. The van der Waals surface area contributed by atoms with Gasteiger partial charge in [-0.15, -0.1) is 0 Å². The second-order valence-corrected chi connectivity index (χ2v) is 8.91.